The monoisotopic (exact) mass is 482 g/mol. The molecule has 3 fully saturated rings. The highest BCUT2D eigenvalue weighted by molar-refractivity contribution is 7.89. The van der Waals surface area contributed by atoms with Gasteiger partial charge in [-0.25, -0.2) is 13.2 Å². The van der Waals surface area contributed by atoms with E-state index in [9.17, 15) is 22.8 Å². The maximum Gasteiger partial charge on any atom is 0.325 e. The zero-order chi connectivity index (χ0) is 23.1. The second-order valence-corrected chi connectivity index (χ2v) is 11.2. The van der Waals surface area contributed by atoms with E-state index in [0.717, 1.165) is 43.4 Å². The predicted molar refractivity (Wildman–Crippen MR) is 119 cm³/mol. The summed E-state index contributed by atoms with van der Waals surface area (Å²) in [4.78, 5) is 38.5. The van der Waals surface area contributed by atoms with E-state index in [1.807, 2.05) is 0 Å². The number of amides is 4. The third-order valence-corrected chi connectivity index (χ3v) is 8.64. The summed E-state index contributed by atoms with van der Waals surface area (Å²) >= 11 is 6.19. The van der Waals surface area contributed by atoms with Crippen molar-refractivity contribution in [3.05, 3.63) is 23.2 Å². The molecule has 2 aliphatic heterocycles. The van der Waals surface area contributed by atoms with Crippen molar-refractivity contribution in [2.24, 2.45) is 5.92 Å². The van der Waals surface area contributed by atoms with Crippen LogP contribution in [0, 0.1) is 5.92 Å². The maximum atomic E-state index is 13.1. The van der Waals surface area contributed by atoms with E-state index in [4.69, 9.17) is 11.6 Å². The Kier molecular flexibility index (Phi) is 6.21. The topological polar surface area (TPSA) is 116 Å². The first kappa shape index (κ1) is 23.0. The number of anilines is 1. The smallest absolute Gasteiger partial charge is 0.323 e. The molecule has 1 saturated carbocycles. The minimum atomic E-state index is -3.72. The third-order valence-electron chi connectivity index (χ3n) is 6.41. The van der Waals surface area contributed by atoms with E-state index < -0.39 is 40.0 Å². The van der Waals surface area contributed by atoms with Gasteiger partial charge >= 0.3 is 6.03 Å². The van der Waals surface area contributed by atoms with Crippen molar-refractivity contribution in [3.63, 3.8) is 0 Å². The summed E-state index contributed by atoms with van der Waals surface area (Å²) in [5.41, 5.74) is -0.861. The Hall–Kier alpha value is -2.17. The van der Waals surface area contributed by atoms with E-state index in [-0.39, 0.29) is 21.5 Å². The molecule has 0 spiro atoms. The number of imide groups is 1. The molecule has 1 aromatic rings. The molecule has 0 bridgehead atoms. The number of hydrogen-bond donors (Lipinski definition) is 2. The molecular formula is C21H27ClN4O5S. The number of carbonyl (C=O) groups is 3. The Labute approximate surface area is 192 Å². The average molecular weight is 483 g/mol. The van der Waals surface area contributed by atoms with Crippen molar-refractivity contribution >= 4 is 45.2 Å². The minimum Gasteiger partial charge on any atom is -0.323 e. The molecule has 174 valence electrons. The van der Waals surface area contributed by atoms with Crippen molar-refractivity contribution in [3.8, 4) is 0 Å². The lowest BCUT2D eigenvalue weighted by molar-refractivity contribution is -0.134. The van der Waals surface area contributed by atoms with Gasteiger partial charge in [0.1, 0.15) is 12.1 Å². The first-order valence-electron chi connectivity index (χ1n) is 10.9. The first-order valence-corrected chi connectivity index (χ1v) is 12.7. The summed E-state index contributed by atoms with van der Waals surface area (Å²) in [5.74, 6) is -0.981. The van der Waals surface area contributed by atoms with E-state index >= 15 is 0 Å². The van der Waals surface area contributed by atoms with Gasteiger partial charge in [0.05, 0.1) is 15.6 Å². The van der Waals surface area contributed by atoms with Crippen LogP contribution >= 0.6 is 11.6 Å². The van der Waals surface area contributed by atoms with Crippen molar-refractivity contribution in [2.75, 3.05) is 25.0 Å². The number of rotatable bonds is 6. The number of benzene rings is 1. The molecule has 3 aliphatic rings. The second-order valence-electron chi connectivity index (χ2n) is 8.81. The fourth-order valence-electron chi connectivity index (χ4n) is 4.32. The molecule has 1 aliphatic carbocycles. The SMILES string of the molecule is CC1(C2CC2)NC(=O)N(CC(=O)Nc2cc(S(=O)(=O)N3CCCCCC3)ccc2Cl)C1=O. The zero-order valence-electron chi connectivity index (χ0n) is 17.9. The molecular weight excluding hydrogens is 456 g/mol. The van der Waals surface area contributed by atoms with Gasteiger partial charge in [0, 0.05) is 13.1 Å². The second kappa shape index (κ2) is 8.64. The standard InChI is InChI=1S/C21H27ClN4O5S/c1-21(14-6-7-14)19(28)26(20(29)24-21)13-18(27)23-17-12-15(8-9-16(17)22)32(30,31)25-10-4-2-3-5-11-25/h8-9,12,14H,2-7,10-11,13H2,1H3,(H,23,27)(H,24,29). The van der Waals surface area contributed by atoms with Crippen LogP contribution in [0.3, 0.4) is 0 Å². The Morgan fingerprint density at radius 1 is 1.19 bits per heavy atom. The molecule has 2 saturated heterocycles. The van der Waals surface area contributed by atoms with Gasteiger partial charge in [-0.3, -0.25) is 14.5 Å². The number of hydrogen-bond acceptors (Lipinski definition) is 5. The summed E-state index contributed by atoms with van der Waals surface area (Å²) in [6.45, 7) is 2.11. The summed E-state index contributed by atoms with van der Waals surface area (Å²) < 4.78 is 27.6. The van der Waals surface area contributed by atoms with Crippen LogP contribution in [0.5, 0.6) is 0 Å². The summed E-state index contributed by atoms with van der Waals surface area (Å²) in [5, 5.41) is 5.40. The Morgan fingerprint density at radius 2 is 1.84 bits per heavy atom. The van der Waals surface area contributed by atoms with Gasteiger partial charge in [-0.2, -0.15) is 4.31 Å². The number of nitrogens with one attached hydrogen (secondary N) is 2. The molecule has 4 amide bonds. The third kappa shape index (κ3) is 4.35. The van der Waals surface area contributed by atoms with Crippen molar-refractivity contribution in [1.29, 1.82) is 0 Å². The Balaban J connectivity index is 1.48. The van der Waals surface area contributed by atoms with E-state index in [2.05, 4.69) is 10.6 Å². The highest BCUT2D eigenvalue weighted by atomic mass is 35.5. The number of nitrogens with zero attached hydrogens (tertiary/aromatic N) is 2. The van der Waals surface area contributed by atoms with Gasteiger partial charge in [0.2, 0.25) is 15.9 Å². The van der Waals surface area contributed by atoms with Gasteiger partial charge in [-0.05, 0) is 56.7 Å². The maximum absolute atomic E-state index is 13.1. The molecule has 9 nitrogen and oxygen atoms in total. The van der Waals surface area contributed by atoms with Crippen LogP contribution in [-0.2, 0) is 19.6 Å². The first-order chi connectivity index (χ1) is 15.1. The molecule has 32 heavy (non-hydrogen) atoms. The van der Waals surface area contributed by atoms with Crippen LogP contribution < -0.4 is 10.6 Å². The van der Waals surface area contributed by atoms with Crippen molar-refractivity contribution < 1.29 is 22.8 Å². The highest BCUT2D eigenvalue weighted by Crippen LogP contribution is 2.42. The van der Waals surface area contributed by atoms with Crippen molar-refractivity contribution in [2.45, 2.75) is 55.9 Å². The van der Waals surface area contributed by atoms with Crippen LogP contribution in [0.15, 0.2) is 23.1 Å². The normalized spacial score (nSPS) is 24.9. The molecule has 11 heteroatoms. The zero-order valence-corrected chi connectivity index (χ0v) is 19.5. The molecule has 0 aromatic heterocycles. The molecule has 1 aromatic carbocycles. The van der Waals surface area contributed by atoms with Gasteiger partial charge < -0.3 is 10.6 Å². The fourth-order valence-corrected chi connectivity index (χ4v) is 6.03. The van der Waals surface area contributed by atoms with Crippen LogP contribution in [0.1, 0.15) is 45.4 Å². The molecule has 1 atom stereocenters. The van der Waals surface area contributed by atoms with Crippen LogP contribution in [-0.4, -0.2) is 60.6 Å². The summed E-state index contributed by atoms with van der Waals surface area (Å²) in [7, 11) is -3.72. The molecule has 2 heterocycles. The highest BCUT2D eigenvalue weighted by Gasteiger charge is 2.56. The van der Waals surface area contributed by atoms with Gasteiger partial charge in [0.15, 0.2) is 0 Å². The average Bonchev–Trinajstić information content (AvgIpc) is 3.57. The van der Waals surface area contributed by atoms with E-state index in [1.54, 1.807) is 6.92 Å². The number of sulfonamides is 1. The Morgan fingerprint density at radius 3 is 2.47 bits per heavy atom. The quantitative estimate of drug-likeness (QED) is 0.604. The van der Waals surface area contributed by atoms with Crippen LogP contribution in [0.4, 0.5) is 10.5 Å². The van der Waals surface area contributed by atoms with Crippen LogP contribution in [0.25, 0.3) is 0 Å². The minimum absolute atomic E-state index is 0.0374. The molecule has 1 unspecified atom stereocenters. The predicted octanol–water partition coefficient (Wildman–Crippen LogP) is 2.56. The summed E-state index contributed by atoms with van der Waals surface area (Å²) in [6.07, 6.45) is 5.32. The lowest BCUT2D eigenvalue weighted by atomic mass is 9.96. The van der Waals surface area contributed by atoms with E-state index in [1.165, 1.54) is 22.5 Å². The van der Waals surface area contributed by atoms with Crippen molar-refractivity contribution in [1.82, 2.24) is 14.5 Å². The lowest BCUT2D eigenvalue weighted by Crippen LogP contribution is -2.46. The van der Waals surface area contributed by atoms with Gasteiger partial charge in [0.25, 0.3) is 5.91 Å². The lowest BCUT2D eigenvalue weighted by Gasteiger charge is -2.21. The van der Waals surface area contributed by atoms with Crippen LogP contribution in [0.2, 0.25) is 5.02 Å². The number of urea groups is 1. The van der Waals surface area contributed by atoms with Gasteiger partial charge in [-0.1, -0.05) is 24.4 Å². The number of carbonyl (C=O) groups excluding carboxylic acids is 3. The largest absolute Gasteiger partial charge is 0.325 e. The Bertz CT molecular complexity index is 1050. The molecule has 2 N–H and O–H groups in total. The summed E-state index contributed by atoms with van der Waals surface area (Å²) in [6, 6.07) is 3.54. The number of halogens is 1. The molecule has 4 rings (SSSR count). The van der Waals surface area contributed by atoms with E-state index in [0.29, 0.717) is 13.1 Å². The molecule has 0 radical (unpaired) electrons. The fraction of sp³-hybridized carbons (Fsp3) is 0.571. The van der Waals surface area contributed by atoms with Gasteiger partial charge in [-0.15, -0.1) is 0 Å².